The van der Waals surface area contributed by atoms with Gasteiger partial charge in [-0.1, -0.05) is 19.3 Å². The van der Waals surface area contributed by atoms with Crippen molar-refractivity contribution < 1.29 is 0 Å². The van der Waals surface area contributed by atoms with Gasteiger partial charge in [-0.25, -0.2) is 0 Å². The van der Waals surface area contributed by atoms with Crippen LogP contribution < -0.4 is 5.32 Å². The minimum absolute atomic E-state index is 0.788. The molecule has 0 bridgehead atoms. The largest absolute Gasteiger partial charge is 0.314 e. The van der Waals surface area contributed by atoms with Gasteiger partial charge in [0.05, 0.1) is 0 Å². The Hall–Kier alpha value is -0.480. The molecule has 1 heteroatoms. The van der Waals surface area contributed by atoms with Crippen LogP contribution in [0.3, 0.4) is 0 Å². The van der Waals surface area contributed by atoms with Gasteiger partial charge in [-0.2, -0.15) is 0 Å². The summed E-state index contributed by atoms with van der Waals surface area (Å²) in [5.74, 6) is 2.67. The number of hydrogen-bond donors (Lipinski definition) is 1. The van der Waals surface area contributed by atoms with E-state index in [1.807, 2.05) is 0 Å². The van der Waals surface area contributed by atoms with Crippen LogP contribution in [0.2, 0.25) is 0 Å². The summed E-state index contributed by atoms with van der Waals surface area (Å²) in [5, 5.41) is 3.56. The standard InChI is InChI=1S/C11H19N/c1-2-3-7-10-12-11-8-5-4-6-9-11/h1,11-12H,3-10H2. The maximum atomic E-state index is 5.17. The van der Waals surface area contributed by atoms with Crippen LogP contribution in [0, 0.1) is 12.3 Å². The Bertz CT molecular complexity index is 140. The van der Waals surface area contributed by atoms with Gasteiger partial charge in [0.1, 0.15) is 0 Å². The zero-order valence-electron chi connectivity index (χ0n) is 7.81. The molecule has 1 aliphatic carbocycles. The number of hydrogen-bond acceptors (Lipinski definition) is 1. The maximum absolute atomic E-state index is 5.17. The van der Waals surface area contributed by atoms with E-state index in [-0.39, 0.29) is 0 Å². The van der Waals surface area contributed by atoms with Crippen molar-refractivity contribution in [1.82, 2.24) is 5.32 Å². The first-order chi connectivity index (χ1) is 5.93. The van der Waals surface area contributed by atoms with Gasteiger partial charge in [-0.15, -0.1) is 12.3 Å². The Balaban J connectivity index is 1.95. The molecular weight excluding hydrogens is 146 g/mol. The van der Waals surface area contributed by atoms with Crippen molar-refractivity contribution in [3.63, 3.8) is 0 Å². The molecule has 68 valence electrons. The second-order valence-electron chi connectivity index (χ2n) is 3.60. The van der Waals surface area contributed by atoms with Crippen LogP contribution in [-0.4, -0.2) is 12.6 Å². The summed E-state index contributed by atoms with van der Waals surface area (Å²) in [4.78, 5) is 0. The van der Waals surface area contributed by atoms with Gasteiger partial charge in [0.25, 0.3) is 0 Å². The van der Waals surface area contributed by atoms with Crippen LogP contribution in [0.5, 0.6) is 0 Å². The van der Waals surface area contributed by atoms with Gasteiger partial charge in [0, 0.05) is 12.5 Å². The fourth-order valence-electron chi connectivity index (χ4n) is 1.80. The summed E-state index contributed by atoms with van der Waals surface area (Å²) in [7, 11) is 0. The van der Waals surface area contributed by atoms with Crippen molar-refractivity contribution in [3.8, 4) is 12.3 Å². The van der Waals surface area contributed by atoms with Crippen LogP contribution in [0.15, 0.2) is 0 Å². The van der Waals surface area contributed by atoms with E-state index in [0.29, 0.717) is 0 Å². The molecule has 0 radical (unpaired) electrons. The maximum Gasteiger partial charge on any atom is 0.00981 e. The minimum Gasteiger partial charge on any atom is -0.314 e. The minimum atomic E-state index is 0.788. The molecule has 1 fully saturated rings. The lowest BCUT2D eigenvalue weighted by Gasteiger charge is -2.22. The highest BCUT2D eigenvalue weighted by Crippen LogP contribution is 2.17. The molecule has 12 heavy (non-hydrogen) atoms. The first kappa shape index (κ1) is 9.61. The van der Waals surface area contributed by atoms with E-state index in [0.717, 1.165) is 25.4 Å². The lowest BCUT2D eigenvalue weighted by Crippen LogP contribution is -2.31. The molecular formula is C11H19N. The number of rotatable bonds is 4. The van der Waals surface area contributed by atoms with Gasteiger partial charge in [0.15, 0.2) is 0 Å². The molecule has 1 saturated carbocycles. The molecule has 0 heterocycles. The third kappa shape index (κ3) is 3.78. The number of unbranched alkanes of at least 4 members (excludes halogenated alkanes) is 1. The van der Waals surface area contributed by atoms with Crippen molar-refractivity contribution >= 4 is 0 Å². The summed E-state index contributed by atoms with van der Waals surface area (Å²) < 4.78 is 0. The molecule has 0 aliphatic heterocycles. The first-order valence-electron chi connectivity index (χ1n) is 5.10. The summed E-state index contributed by atoms with van der Waals surface area (Å²) >= 11 is 0. The molecule has 0 spiro atoms. The molecule has 1 aliphatic rings. The molecule has 0 unspecified atom stereocenters. The first-order valence-corrected chi connectivity index (χ1v) is 5.10. The lowest BCUT2D eigenvalue weighted by molar-refractivity contribution is 0.373. The Kier molecular flexibility index (Phi) is 4.87. The van der Waals surface area contributed by atoms with Crippen molar-refractivity contribution in [2.24, 2.45) is 0 Å². The molecule has 1 nitrogen and oxygen atoms in total. The van der Waals surface area contributed by atoms with Crippen LogP contribution in [0.4, 0.5) is 0 Å². The Morgan fingerprint density at radius 3 is 2.67 bits per heavy atom. The van der Waals surface area contributed by atoms with Crippen LogP contribution in [0.25, 0.3) is 0 Å². The molecule has 0 amide bonds. The zero-order valence-corrected chi connectivity index (χ0v) is 7.81. The Labute approximate surface area is 75.9 Å². The number of terminal acetylenes is 1. The monoisotopic (exact) mass is 165 g/mol. The highest BCUT2D eigenvalue weighted by Gasteiger charge is 2.11. The fraction of sp³-hybridized carbons (Fsp3) is 0.818. The Morgan fingerprint density at radius 1 is 1.25 bits per heavy atom. The van der Waals surface area contributed by atoms with E-state index in [4.69, 9.17) is 6.42 Å². The Morgan fingerprint density at radius 2 is 2.00 bits per heavy atom. The van der Waals surface area contributed by atoms with Crippen LogP contribution >= 0.6 is 0 Å². The van der Waals surface area contributed by atoms with Crippen LogP contribution in [-0.2, 0) is 0 Å². The summed E-state index contributed by atoms with van der Waals surface area (Å²) in [6.45, 7) is 1.11. The zero-order chi connectivity index (χ0) is 8.65. The average Bonchev–Trinajstić information content (AvgIpc) is 2.14. The number of nitrogens with one attached hydrogen (secondary N) is 1. The molecule has 0 aromatic rings. The predicted octanol–water partition coefficient (Wildman–Crippen LogP) is 2.32. The topological polar surface area (TPSA) is 12.0 Å². The normalized spacial score (nSPS) is 18.9. The van der Waals surface area contributed by atoms with Gasteiger partial charge in [-0.05, 0) is 25.8 Å². The summed E-state index contributed by atoms with van der Waals surface area (Å²) in [6.07, 6.45) is 14.2. The van der Waals surface area contributed by atoms with E-state index >= 15 is 0 Å². The van der Waals surface area contributed by atoms with Gasteiger partial charge < -0.3 is 5.32 Å². The highest BCUT2D eigenvalue weighted by atomic mass is 14.9. The lowest BCUT2D eigenvalue weighted by atomic mass is 9.95. The van der Waals surface area contributed by atoms with E-state index in [2.05, 4.69) is 11.2 Å². The van der Waals surface area contributed by atoms with Gasteiger partial charge in [0.2, 0.25) is 0 Å². The predicted molar refractivity (Wildman–Crippen MR) is 52.9 cm³/mol. The molecule has 1 N–H and O–H groups in total. The SMILES string of the molecule is C#CCCCNC1CCCCC1. The van der Waals surface area contributed by atoms with E-state index in [1.54, 1.807) is 0 Å². The van der Waals surface area contributed by atoms with Crippen LogP contribution in [0.1, 0.15) is 44.9 Å². The average molecular weight is 165 g/mol. The molecule has 1 rings (SSSR count). The van der Waals surface area contributed by atoms with E-state index in [1.165, 1.54) is 32.1 Å². The van der Waals surface area contributed by atoms with Gasteiger partial charge >= 0.3 is 0 Å². The fourth-order valence-corrected chi connectivity index (χ4v) is 1.80. The van der Waals surface area contributed by atoms with Gasteiger partial charge in [-0.3, -0.25) is 0 Å². The van der Waals surface area contributed by atoms with E-state index < -0.39 is 0 Å². The second kappa shape index (κ2) is 6.08. The third-order valence-corrected chi connectivity index (χ3v) is 2.54. The molecule has 0 aromatic heterocycles. The molecule has 0 saturated heterocycles. The molecule has 0 atom stereocenters. The summed E-state index contributed by atoms with van der Waals surface area (Å²) in [6, 6.07) is 0.788. The highest BCUT2D eigenvalue weighted by molar-refractivity contribution is 4.83. The van der Waals surface area contributed by atoms with Crippen molar-refractivity contribution in [3.05, 3.63) is 0 Å². The quantitative estimate of drug-likeness (QED) is 0.498. The summed E-state index contributed by atoms with van der Waals surface area (Å²) in [5.41, 5.74) is 0. The van der Waals surface area contributed by atoms with Crippen molar-refractivity contribution in [2.75, 3.05) is 6.54 Å². The molecule has 0 aromatic carbocycles. The third-order valence-electron chi connectivity index (χ3n) is 2.54. The van der Waals surface area contributed by atoms with E-state index in [9.17, 15) is 0 Å². The second-order valence-corrected chi connectivity index (χ2v) is 3.60. The smallest absolute Gasteiger partial charge is 0.00981 e. The van der Waals surface area contributed by atoms with Crippen molar-refractivity contribution in [2.45, 2.75) is 51.0 Å². The van der Waals surface area contributed by atoms with Crippen molar-refractivity contribution in [1.29, 1.82) is 0 Å².